The average molecular weight is 343 g/mol. The van der Waals surface area contributed by atoms with E-state index in [1.54, 1.807) is 0 Å². The lowest BCUT2D eigenvalue weighted by atomic mass is 10.2. The van der Waals surface area contributed by atoms with E-state index in [9.17, 15) is 0 Å². The Labute approximate surface area is 132 Å². The van der Waals surface area contributed by atoms with Crippen molar-refractivity contribution in [1.82, 2.24) is 9.55 Å². The zero-order chi connectivity index (χ0) is 14.5. The lowest BCUT2D eigenvalue weighted by molar-refractivity contribution is 0.299. The number of ether oxygens (including phenoxy) is 1. The summed E-state index contributed by atoms with van der Waals surface area (Å²) in [5.74, 6) is 1.84. The molecule has 0 amide bonds. The van der Waals surface area contributed by atoms with Crippen molar-refractivity contribution in [2.24, 2.45) is 0 Å². The number of imidazole rings is 1. The van der Waals surface area contributed by atoms with Crippen molar-refractivity contribution >= 4 is 15.9 Å². The second kappa shape index (κ2) is 6.59. The maximum atomic E-state index is 5.76. The second-order valence-electron chi connectivity index (χ2n) is 4.61. The fourth-order valence-corrected chi connectivity index (χ4v) is 2.39. The van der Waals surface area contributed by atoms with Gasteiger partial charge in [0.25, 0.3) is 0 Å². The molecule has 0 aliphatic carbocycles. The maximum absolute atomic E-state index is 5.76. The molecule has 3 rings (SSSR count). The quantitative estimate of drug-likeness (QED) is 0.687. The summed E-state index contributed by atoms with van der Waals surface area (Å²) in [6.45, 7) is 1.37. The third-order valence-electron chi connectivity index (χ3n) is 3.16. The van der Waals surface area contributed by atoms with Crippen molar-refractivity contribution in [3.8, 4) is 17.1 Å². The molecule has 0 N–H and O–H groups in total. The van der Waals surface area contributed by atoms with Gasteiger partial charge in [0.15, 0.2) is 0 Å². The molecular weight excluding hydrogens is 328 g/mol. The second-order valence-corrected chi connectivity index (χ2v) is 5.53. The number of halogens is 1. The molecule has 0 saturated carbocycles. The van der Waals surface area contributed by atoms with E-state index >= 15 is 0 Å². The molecule has 0 saturated heterocycles. The van der Waals surface area contributed by atoms with Gasteiger partial charge >= 0.3 is 0 Å². The molecule has 0 fully saturated rings. The van der Waals surface area contributed by atoms with Crippen LogP contribution in [-0.4, -0.2) is 16.2 Å². The first kappa shape index (κ1) is 13.9. The van der Waals surface area contributed by atoms with Gasteiger partial charge in [0.1, 0.15) is 18.2 Å². The van der Waals surface area contributed by atoms with E-state index in [0.717, 1.165) is 28.2 Å². The van der Waals surface area contributed by atoms with Crippen LogP contribution < -0.4 is 4.74 Å². The van der Waals surface area contributed by atoms with Gasteiger partial charge in [-0.15, -0.1) is 0 Å². The molecule has 0 bridgehead atoms. The SMILES string of the molecule is Brc1ccc(OCCn2ccnc2-c2ccccc2)cc1. The number of hydrogen-bond acceptors (Lipinski definition) is 2. The molecule has 0 atom stereocenters. The first-order valence-electron chi connectivity index (χ1n) is 6.78. The molecule has 0 unspecified atom stereocenters. The molecule has 3 nitrogen and oxygen atoms in total. The Kier molecular flexibility index (Phi) is 4.36. The third kappa shape index (κ3) is 3.52. The third-order valence-corrected chi connectivity index (χ3v) is 3.69. The summed E-state index contributed by atoms with van der Waals surface area (Å²) in [5.41, 5.74) is 1.12. The Morgan fingerprint density at radius 3 is 2.52 bits per heavy atom. The first-order chi connectivity index (χ1) is 10.3. The summed E-state index contributed by atoms with van der Waals surface area (Å²) in [6.07, 6.45) is 3.80. The molecule has 4 heteroatoms. The minimum absolute atomic E-state index is 0.609. The largest absolute Gasteiger partial charge is 0.492 e. The minimum Gasteiger partial charge on any atom is -0.492 e. The highest BCUT2D eigenvalue weighted by Gasteiger charge is 2.05. The molecule has 3 aromatic rings. The lowest BCUT2D eigenvalue weighted by Gasteiger charge is -2.09. The van der Waals surface area contributed by atoms with Crippen molar-refractivity contribution in [3.63, 3.8) is 0 Å². The summed E-state index contributed by atoms with van der Waals surface area (Å²) in [5, 5.41) is 0. The van der Waals surface area contributed by atoms with E-state index in [0.29, 0.717) is 6.61 Å². The number of rotatable bonds is 5. The lowest BCUT2D eigenvalue weighted by Crippen LogP contribution is -2.08. The zero-order valence-corrected chi connectivity index (χ0v) is 13.0. The van der Waals surface area contributed by atoms with Gasteiger partial charge in [-0.1, -0.05) is 46.3 Å². The van der Waals surface area contributed by atoms with Crippen LogP contribution in [0, 0.1) is 0 Å². The van der Waals surface area contributed by atoms with Crippen LogP contribution in [0.1, 0.15) is 0 Å². The highest BCUT2D eigenvalue weighted by atomic mass is 79.9. The normalized spacial score (nSPS) is 10.5. The monoisotopic (exact) mass is 342 g/mol. The van der Waals surface area contributed by atoms with Gasteiger partial charge < -0.3 is 9.30 Å². The summed E-state index contributed by atoms with van der Waals surface area (Å²) in [4.78, 5) is 4.42. The van der Waals surface area contributed by atoms with Gasteiger partial charge in [-0.05, 0) is 24.3 Å². The van der Waals surface area contributed by atoms with E-state index in [1.165, 1.54) is 0 Å². The van der Waals surface area contributed by atoms with Crippen molar-refractivity contribution in [2.75, 3.05) is 6.61 Å². The van der Waals surface area contributed by atoms with E-state index in [4.69, 9.17) is 4.74 Å². The summed E-state index contributed by atoms with van der Waals surface area (Å²) in [7, 11) is 0. The van der Waals surface area contributed by atoms with Gasteiger partial charge in [0.2, 0.25) is 0 Å². The molecule has 2 aromatic carbocycles. The summed E-state index contributed by atoms with van der Waals surface area (Å²) >= 11 is 3.41. The number of aromatic nitrogens is 2. The first-order valence-corrected chi connectivity index (χ1v) is 7.57. The Bertz CT molecular complexity index is 692. The van der Waals surface area contributed by atoms with Gasteiger partial charge in [0, 0.05) is 22.4 Å². The average Bonchev–Trinajstić information content (AvgIpc) is 2.99. The van der Waals surface area contributed by atoms with E-state index in [2.05, 4.69) is 37.6 Å². The van der Waals surface area contributed by atoms with E-state index in [1.807, 2.05) is 54.9 Å². The molecule has 1 heterocycles. The van der Waals surface area contributed by atoms with Crippen LogP contribution >= 0.6 is 15.9 Å². The van der Waals surface area contributed by atoms with E-state index in [-0.39, 0.29) is 0 Å². The molecule has 1 aromatic heterocycles. The highest BCUT2D eigenvalue weighted by Crippen LogP contribution is 2.18. The van der Waals surface area contributed by atoms with Crippen molar-refractivity contribution in [2.45, 2.75) is 6.54 Å². The molecule has 0 aliphatic heterocycles. The predicted molar refractivity (Wildman–Crippen MR) is 87.3 cm³/mol. The molecule has 0 radical (unpaired) electrons. The summed E-state index contributed by atoms with van der Waals surface area (Å²) < 4.78 is 8.91. The standard InChI is InChI=1S/C17H15BrN2O/c18-15-6-8-16(9-7-15)21-13-12-20-11-10-19-17(20)14-4-2-1-3-5-14/h1-11H,12-13H2. The predicted octanol–water partition coefficient (Wildman–Crippen LogP) is 4.39. The summed E-state index contributed by atoms with van der Waals surface area (Å²) in [6, 6.07) is 18.0. The van der Waals surface area contributed by atoms with Gasteiger partial charge in [-0.25, -0.2) is 4.98 Å². The van der Waals surface area contributed by atoms with Crippen LogP contribution in [0.3, 0.4) is 0 Å². The van der Waals surface area contributed by atoms with Gasteiger partial charge in [-0.3, -0.25) is 0 Å². The maximum Gasteiger partial charge on any atom is 0.139 e. The highest BCUT2D eigenvalue weighted by molar-refractivity contribution is 9.10. The number of benzene rings is 2. The van der Waals surface area contributed by atoms with Crippen LogP contribution in [0.25, 0.3) is 11.4 Å². The zero-order valence-electron chi connectivity index (χ0n) is 11.4. The topological polar surface area (TPSA) is 27.1 Å². The van der Waals surface area contributed by atoms with Crippen LogP contribution in [-0.2, 0) is 6.54 Å². The van der Waals surface area contributed by atoms with Crippen LogP contribution in [0.2, 0.25) is 0 Å². The van der Waals surface area contributed by atoms with Crippen molar-refractivity contribution in [1.29, 1.82) is 0 Å². The van der Waals surface area contributed by atoms with Crippen LogP contribution in [0.15, 0.2) is 71.5 Å². The molecule has 106 valence electrons. The van der Waals surface area contributed by atoms with Crippen molar-refractivity contribution < 1.29 is 4.74 Å². The Hall–Kier alpha value is -2.07. The van der Waals surface area contributed by atoms with Crippen LogP contribution in [0.4, 0.5) is 0 Å². The Balaban J connectivity index is 1.64. The van der Waals surface area contributed by atoms with Gasteiger partial charge in [0.05, 0.1) is 6.54 Å². The fraction of sp³-hybridized carbons (Fsp3) is 0.118. The fourth-order valence-electron chi connectivity index (χ4n) is 2.13. The van der Waals surface area contributed by atoms with E-state index < -0.39 is 0 Å². The van der Waals surface area contributed by atoms with Crippen molar-refractivity contribution in [3.05, 3.63) is 71.5 Å². The number of hydrogen-bond donors (Lipinski definition) is 0. The Morgan fingerprint density at radius 2 is 1.76 bits per heavy atom. The van der Waals surface area contributed by atoms with Gasteiger partial charge in [-0.2, -0.15) is 0 Å². The number of nitrogens with zero attached hydrogens (tertiary/aromatic N) is 2. The molecule has 0 aliphatic rings. The molecular formula is C17H15BrN2O. The Morgan fingerprint density at radius 1 is 1.00 bits per heavy atom. The molecule has 21 heavy (non-hydrogen) atoms. The smallest absolute Gasteiger partial charge is 0.139 e. The van der Waals surface area contributed by atoms with Crippen LogP contribution in [0.5, 0.6) is 5.75 Å². The molecule has 0 spiro atoms. The minimum atomic E-state index is 0.609.